The molecule has 0 saturated carbocycles. The van der Waals surface area contributed by atoms with Crippen molar-refractivity contribution in [1.29, 1.82) is 0 Å². The van der Waals surface area contributed by atoms with Crippen molar-refractivity contribution in [1.82, 2.24) is 14.9 Å². The summed E-state index contributed by atoms with van der Waals surface area (Å²) in [6, 6.07) is 6.80. The molecule has 7 nitrogen and oxygen atoms in total. The van der Waals surface area contributed by atoms with Crippen LogP contribution in [0.15, 0.2) is 33.9 Å². The summed E-state index contributed by atoms with van der Waals surface area (Å²) in [4.78, 5) is 40.7. The lowest BCUT2D eigenvalue weighted by atomic mass is 10.1. The van der Waals surface area contributed by atoms with E-state index in [1.165, 1.54) is 32.4 Å². The minimum absolute atomic E-state index is 0.254. The van der Waals surface area contributed by atoms with Crippen molar-refractivity contribution in [3.8, 4) is 0 Å². The minimum Gasteiger partial charge on any atom is -0.354 e. The fraction of sp³-hybridized carbons (Fsp3) is 0.500. The monoisotopic (exact) mass is 345 g/mol. The van der Waals surface area contributed by atoms with Gasteiger partial charge in [0.25, 0.3) is 5.56 Å². The summed E-state index contributed by atoms with van der Waals surface area (Å²) in [5.41, 5.74) is -0.512. The van der Waals surface area contributed by atoms with Crippen molar-refractivity contribution in [3.63, 3.8) is 0 Å². The molecular weight excluding hydrogens is 320 g/mol. The Morgan fingerprint density at radius 3 is 2.72 bits per heavy atom. The van der Waals surface area contributed by atoms with Crippen LogP contribution in [0.25, 0.3) is 10.9 Å². The maximum Gasteiger partial charge on any atom is 0.329 e. The largest absolute Gasteiger partial charge is 0.354 e. The van der Waals surface area contributed by atoms with Crippen LogP contribution in [0, 0.1) is 0 Å². The summed E-state index contributed by atoms with van der Waals surface area (Å²) in [7, 11) is 0. The molecule has 0 atom stereocenters. The van der Waals surface area contributed by atoms with Gasteiger partial charge in [0.1, 0.15) is 6.54 Å². The average Bonchev–Trinajstić information content (AvgIpc) is 2.63. The number of rotatable bonds is 6. The third-order valence-electron chi connectivity index (χ3n) is 4.78. The topological polar surface area (TPSA) is 88.4 Å². The van der Waals surface area contributed by atoms with Gasteiger partial charge in [-0.2, -0.15) is 0 Å². The number of aromatic amines is 1. The van der Waals surface area contributed by atoms with Crippen molar-refractivity contribution in [2.45, 2.75) is 32.2 Å². The first kappa shape index (κ1) is 17.4. The lowest BCUT2D eigenvalue weighted by Gasteiger charge is -2.23. The van der Waals surface area contributed by atoms with Crippen LogP contribution in [-0.2, 0) is 11.3 Å². The predicted molar refractivity (Wildman–Crippen MR) is 95.9 cm³/mol. The molecule has 25 heavy (non-hydrogen) atoms. The maximum atomic E-state index is 12.4. The fourth-order valence-electron chi connectivity index (χ4n) is 3.41. The zero-order valence-electron chi connectivity index (χ0n) is 14.3. The van der Waals surface area contributed by atoms with Crippen LogP contribution in [0.4, 0.5) is 0 Å². The van der Waals surface area contributed by atoms with Crippen molar-refractivity contribution in [2.75, 3.05) is 26.2 Å². The van der Waals surface area contributed by atoms with Gasteiger partial charge in [-0.05, 0) is 31.4 Å². The number of aromatic nitrogens is 2. The molecule has 1 fully saturated rings. The lowest BCUT2D eigenvalue weighted by molar-refractivity contribution is -0.904. The molecule has 7 heteroatoms. The van der Waals surface area contributed by atoms with Gasteiger partial charge in [-0.15, -0.1) is 0 Å². The quantitative estimate of drug-likeness (QED) is 0.603. The van der Waals surface area contributed by atoms with E-state index in [9.17, 15) is 14.4 Å². The highest BCUT2D eigenvalue weighted by Gasteiger charge is 2.13. The molecule has 2 heterocycles. The van der Waals surface area contributed by atoms with Gasteiger partial charge in [-0.1, -0.05) is 12.1 Å². The number of H-pyrrole nitrogens is 1. The number of hydrogen-bond acceptors (Lipinski definition) is 3. The summed E-state index contributed by atoms with van der Waals surface area (Å²) in [5.74, 6) is -0.309. The summed E-state index contributed by atoms with van der Waals surface area (Å²) in [6.07, 6.45) is 4.81. The van der Waals surface area contributed by atoms with Crippen LogP contribution >= 0.6 is 0 Å². The zero-order chi connectivity index (χ0) is 17.6. The first-order valence-electron chi connectivity index (χ1n) is 8.97. The Kier molecular flexibility index (Phi) is 5.65. The van der Waals surface area contributed by atoms with Gasteiger partial charge in [0.15, 0.2) is 0 Å². The van der Waals surface area contributed by atoms with E-state index in [0.29, 0.717) is 17.4 Å². The number of hydrogen-bond donors (Lipinski definition) is 3. The lowest BCUT2D eigenvalue weighted by Crippen LogP contribution is -3.12. The summed E-state index contributed by atoms with van der Waals surface area (Å²) in [6.45, 7) is 3.81. The normalized spacial score (nSPS) is 15.4. The van der Waals surface area contributed by atoms with Crippen molar-refractivity contribution in [3.05, 3.63) is 45.1 Å². The first-order chi connectivity index (χ1) is 12.1. The molecule has 0 bridgehead atoms. The van der Waals surface area contributed by atoms with E-state index in [1.54, 1.807) is 29.2 Å². The van der Waals surface area contributed by atoms with Crippen molar-refractivity contribution in [2.24, 2.45) is 0 Å². The molecule has 0 spiro atoms. The molecule has 134 valence electrons. The SMILES string of the molecule is O=C(Cn1c(=O)[nH]c2ccccc2c1=O)NCCC[NH+]1CCCCC1. The molecule has 1 aromatic carbocycles. The smallest absolute Gasteiger partial charge is 0.329 e. The third-order valence-corrected chi connectivity index (χ3v) is 4.78. The van der Waals surface area contributed by atoms with E-state index >= 15 is 0 Å². The van der Waals surface area contributed by atoms with Gasteiger partial charge >= 0.3 is 5.69 Å². The number of benzene rings is 1. The molecule has 1 amide bonds. The molecular formula is C18H25N4O3+. The number of quaternary nitrogens is 1. The van der Waals surface area contributed by atoms with Gasteiger partial charge in [0.2, 0.25) is 5.91 Å². The number of nitrogens with zero attached hydrogens (tertiary/aromatic N) is 1. The maximum absolute atomic E-state index is 12.4. The van der Waals surface area contributed by atoms with Gasteiger partial charge in [-0.3, -0.25) is 14.2 Å². The minimum atomic E-state index is -0.559. The van der Waals surface area contributed by atoms with E-state index in [2.05, 4.69) is 10.3 Å². The second-order valence-electron chi connectivity index (χ2n) is 6.63. The van der Waals surface area contributed by atoms with Gasteiger partial charge in [0.05, 0.1) is 30.5 Å². The highest BCUT2D eigenvalue weighted by molar-refractivity contribution is 5.78. The summed E-state index contributed by atoms with van der Waals surface area (Å²) in [5, 5.41) is 3.21. The molecule has 1 aromatic heterocycles. The van der Waals surface area contributed by atoms with Crippen LogP contribution < -0.4 is 21.5 Å². The Morgan fingerprint density at radius 1 is 1.16 bits per heavy atom. The van der Waals surface area contributed by atoms with Gasteiger partial charge in [-0.25, -0.2) is 4.79 Å². The van der Waals surface area contributed by atoms with E-state index in [0.717, 1.165) is 17.5 Å². The number of para-hydroxylation sites is 1. The molecule has 2 aromatic rings. The average molecular weight is 345 g/mol. The number of carbonyl (C=O) groups is 1. The standard InChI is InChI=1S/C18H24N4O3/c23-16(19-9-6-12-21-10-4-1-5-11-21)13-22-17(24)14-7-2-3-8-15(14)20-18(22)25/h2-3,7-8H,1,4-6,9-13H2,(H,19,23)(H,20,25)/p+1. The number of likely N-dealkylation sites (tertiary alicyclic amines) is 1. The Labute approximate surface area is 145 Å². The third kappa shape index (κ3) is 4.36. The van der Waals surface area contributed by atoms with Crippen LogP contribution in [0.1, 0.15) is 25.7 Å². The van der Waals surface area contributed by atoms with Crippen molar-refractivity contribution >= 4 is 16.8 Å². The highest BCUT2D eigenvalue weighted by atomic mass is 16.2. The summed E-state index contributed by atoms with van der Waals surface area (Å²) >= 11 is 0. The van der Waals surface area contributed by atoms with E-state index in [1.807, 2.05) is 0 Å². The fourth-order valence-corrected chi connectivity index (χ4v) is 3.41. The predicted octanol–water partition coefficient (Wildman–Crippen LogP) is -0.735. The molecule has 3 N–H and O–H groups in total. The van der Waals surface area contributed by atoms with E-state index in [-0.39, 0.29) is 12.5 Å². The molecule has 0 radical (unpaired) electrons. The summed E-state index contributed by atoms with van der Waals surface area (Å²) < 4.78 is 0.952. The molecule has 1 aliphatic heterocycles. The molecule has 1 saturated heterocycles. The Hall–Kier alpha value is -2.41. The number of amides is 1. The molecule has 0 unspecified atom stereocenters. The van der Waals surface area contributed by atoms with Crippen LogP contribution in [0.3, 0.4) is 0 Å². The molecule has 0 aliphatic carbocycles. The number of nitrogens with one attached hydrogen (secondary N) is 3. The molecule has 3 rings (SSSR count). The Morgan fingerprint density at radius 2 is 1.92 bits per heavy atom. The second-order valence-corrected chi connectivity index (χ2v) is 6.63. The first-order valence-corrected chi connectivity index (χ1v) is 8.97. The second kappa shape index (κ2) is 8.11. The Balaban J connectivity index is 1.55. The van der Waals surface area contributed by atoms with Crippen molar-refractivity contribution < 1.29 is 9.69 Å². The van der Waals surface area contributed by atoms with Crippen LogP contribution in [-0.4, -0.2) is 41.6 Å². The number of fused-ring (bicyclic) bond motifs is 1. The molecule has 1 aliphatic rings. The highest BCUT2D eigenvalue weighted by Crippen LogP contribution is 2.02. The van der Waals surface area contributed by atoms with E-state index < -0.39 is 11.2 Å². The number of carbonyl (C=O) groups excluding carboxylic acids is 1. The number of piperidine rings is 1. The van der Waals surface area contributed by atoms with Gasteiger partial charge in [0, 0.05) is 13.0 Å². The van der Waals surface area contributed by atoms with Crippen LogP contribution in [0.5, 0.6) is 0 Å². The van der Waals surface area contributed by atoms with Crippen LogP contribution in [0.2, 0.25) is 0 Å². The van der Waals surface area contributed by atoms with E-state index in [4.69, 9.17) is 0 Å². The zero-order valence-corrected chi connectivity index (χ0v) is 14.3. The Bertz CT molecular complexity index is 849. The van der Waals surface area contributed by atoms with Gasteiger partial charge < -0.3 is 15.2 Å².